The first-order valence-electron chi connectivity index (χ1n) is 7.32. The van der Waals surface area contributed by atoms with E-state index in [0.29, 0.717) is 6.04 Å². The maximum absolute atomic E-state index is 3.69. The van der Waals surface area contributed by atoms with Gasteiger partial charge in [0.2, 0.25) is 0 Å². The third-order valence-corrected chi connectivity index (χ3v) is 3.76. The fourth-order valence-electron chi connectivity index (χ4n) is 2.63. The van der Waals surface area contributed by atoms with Gasteiger partial charge in [-0.1, -0.05) is 36.8 Å². The summed E-state index contributed by atoms with van der Waals surface area (Å²) in [6.07, 6.45) is 3.94. The Bertz CT molecular complexity index is 339. The van der Waals surface area contributed by atoms with E-state index >= 15 is 0 Å². The summed E-state index contributed by atoms with van der Waals surface area (Å²) in [5.74, 6) is 0. The van der Waals surface area contributed by atoms with Crippen molar-refractivity contribution in [3.05, 3.63) is 35.4 Å². The molecule has 2 rings (SSSR count). The average molecular weight is 246 g/mol. The van der Waals surface area contributed by atoms with E-state index in [1.165, 1.54) is 43.5 Å². The van der Waals surface area contributed by atoms with Crippen LogP contribution in [0.15, 0.2) is 24.3 Å². The van der Waals surface area contributed by atoms with Crippen LogP contribution in [0.3, 0.4) is 0 Å². The second-order valence-corrected chi connectivity index (χ2v) is 5.43. The van der Waals surface area contributed by atoms with Gasteiger partial charge >= 0.3 is 0 Å². The van der Waals surface area contributed by atoms with Crippen molar-refractivity contribution >= 4 is 0 Å². The molecule has 1 aliphatic heterocycles. The monoisotopic (exact) mass is 246 g/mol. The van der Waals surface area contributed by atoms with Crippen LogP contribution in [0.2, 0.25) is 0 Å². The summed E-state index contributed by atoms with van der Waals surface area (Å²) in [4.78, 5) is 2.59. The molecule has 2 heteroatoms. The minimum atomic E-state index is 0.489. The van der Waals surface area contributed by atoms with E-state index in [9.17, 15) is 0 Å². The van der Waals surface area contributed by atoms with Crippen LogP contribution in [0.5, 0.6) is 0 Å². The van der Waals surface area contributed by atoms with E-state index in [1.54, 1.807) is 0 Å². The second-order valence-electron chi connectivity index (χ2n) is 5.43. The summed E-state index contributed by atoms with van der Waals surface area (Å²) < 4.78 is 0. The van der Waals surface area contributed by atoms with Crippen molar-refractivity contribution in [1.82, 2.24) is 10.2 Å². The van der Waals surface area contributed by atoms with Gasteiger partial charge in [-0.15, -0.1) is 0 Å². The average Bonchev–Trinajstić information content (AvgIpc) is 2.88. The molecule has 0 saturated carbocycles. The summed E-state index contributed by atoms with van der Waals surface area (Å²) in [5.41, 5.74) is 2.77. The van der Waals surface area contributed by atoms with E-state index in [0.717, 1.165) is 13.1 Å². The third-order valence-electron chi connectivity index (χ3n) is 3.76. The normalized spacial score (nSPS) is 18.1. The highest BCUT2D eigenvalue weighted by atomic mass is 15.2. The maximum Gasteiger partial charge on any atom is 0.0449 e. The molecule has 0 amide bonds. The van der Waals surface area contributed by atoms with Crippen LogP contribution in [-0.4, -0.2) is 31.1 Å². The molecule has 1 unspecified atom stereocenters. The molecule has 0 aliphatic carbocycles. The molecule has 0 radical (unpaired) electrons. The summed E-state index contributed by atoms with van der Waals surface area (Å²) in [7, 11) is 0. The van der Waals surface area contributed by atoms with Crippen LogP contribution >= 0.6 is 0 Å². The first-order valence-corrected chi connectivity index (χ1v) is 7.32. The van der Waals surface area contributed by atoms with Gasteiger partial charge in [0.05, 0.1) is 0 Å². The molecule has 1 aromatic carbocycles. The van der Waals surface area contributed by atoms with Gasteiger partial charge in [0.15, 0.2) is 0 Å². The van der Waals surface area contributed by atoms with Crippen LogP contribution in [0.1, 0.15) is 43.4 Å². The zero-order chi connectivity index (χ0) is 12.8. The molecule has 0 spiro atoms. The number of nitrogens with zero attached hydrogens (tertiary/aromatic N) is 1. The van der Waals surface area contributed by atoms with Crippen molar-refractivity contribution in [2.24, 2.45) is 0 Å². The van der Waals surface area contributed by atoms with Crippen molar-refractivity contribution in [2.75, 3.05) is 26.2 Å². The highest BCUT2D eigenvalue weighted by Crippen LogP contribution is 2.18. The molecule has 1 aliphatic rings. The van der Waals surface area contributed by atoms with Gasteiger partial charge in [0.1, 0.15) is 0 Å². The Kier molecular flexibility index (Phi) is 5.21. The molecule has 1 saturated heterocycles. The lowest BCUT2D eigenvalue weighted by Gasteiger charge is -2.25. The van der Waals surface area contributed by atoms with Gasteiger partial charge in [-0.2, -0.15) is 0 Å². The van der Waals surface area contributed by atoms with Crippen molar-refractivity contribution < 1.29 is 0 Å². The van der Waals surface area contributed by atoms with Crippen molar-refractivity contribution in [2.45, 2.75) is 39.2 Å². The van der Waals surface area contributed by atoms with Gasteiger partial charge < -0.3 is 10.2 Å². The lowest BCUT2D eigenvalue weighted by Crippen LogP contribution is -2.34. The van der Waals surface area contributed by atoms with Gasteiger partial charge in [0, 0.05) is 12.6 Å². The summed E-state index contributed by atoms with van der Waals surface area (Å²) >= 11 is 0. The SMILES string of the molecule is CCCNC(CN1CCCC1)c1ccc(C)cc1. The van der Waals surface area contributed by atoms with Crippen molar-refractivity contribution in [1.29, 1.82) is 0 Å². The molecule has 1 N–H and O–H groups in total. The summed E-state index contributed by atoms with van der Waals surface area (Å²) in [6.45, 7) is 9.19. The van der Waals surface area contributed by atoms with E-state index < -0.39 is 0 Å². The fraction of sp³-hybridized carbons (Fsp3) is 0.625. The topological polar surface area (TPSA) is 15.3 Å². The quantitative estimate of drug-likeness (QED) is 0.829. The highest BCUT2D eigenvalue weighted by Gasteiger charge is 2.18. The first kappa shape index (κ1) is 13.6. The number of rotatable bonds is 6. The van der Waals surface area contributed by atoms with Crippen LogP contribution in [0.4, 0.5) is 0 Å². The molecule has 1 heterocycles. The van der Waals surface area contributed by atoms with Crippen LogP contribution in [0.25, 0.3) is 0 Å². The standard InChI is InChI=1S/C16H26N2/c1-3-10-17-16(13-18-11-4-5-12-18)15-8-6-14(2)7-9-15/h6-9,16-17H,3-5,10-13H2,1-2H3. The van der Waals surface area contributed by atoms with Gasteiger partial charge in [-0.3, -0.25) is 0 Å². The molecule has 0 aromatic heterocycles. The molecule has 2 nitrogen and oxygen atoms in total. The molecule has 100 valence electrons. The molecular formula is C16H26N2. The fourth-order valence-corrected chi connectivity index (χ4v) is 2.63. The van der Waals surface area contributed by atoms with E-state index in [-0.39, 0.29) is 0 Å². The number of likely N-dealkylation sites (tertiary alicyclic amines) is 1. The number of nitrogens with one attached hydrogen (secondary N) is 1. The lowest BCUT2D eigenvalue weighted by atomic mass is 10.0. The third kappa shape index (κ3) is 3.82. The zero-order valence-corrected chi connectivity index (χ0v) is 11.8. The van der Waals surface area contributed by atoms with Gasteiger partial charge in [-0.05, 0) is 51.4 Å². The Morgan fingerprint density at radius 1 is 1.17 bits per heavy atom. The van der Waals surface area contributed by atoms with Crippen LogP contribution < -0.4 is 5.32 Å². The van der Waals surface area contributed by atoms with E-state index in [1.807, 2.05) is 0 Å². The number of benzene rings is 1. The molecule has 1 atom stereocenters. The van der Waals surface area contributed by atoms with Crippen LogP contribution in [0, 0.1) is 6.92 Å². The van der Waals surface area contributed by atoms with E-state index in [4.69, 9.17) is 0 Å². The van der Waals surface area contributed by atoms with Crippen molar-refractivity contribution in [3.63, 3.8) is 0 Å². The van der Waals surface area contributed by atoms with Gasteiger partial charge in [0.25, 0.3) is 0 Å². The largest absolute Gasteiger partial charge is 0.309 e. The van der Waals surface area contributed by atoms with Crippen LogP contribution in [-0.2, 0) is 0 Å². The van der Waals surface area contributed by atoms with Crippen molar-refractivity contribution in [3.8, 4) is 0 Å². The Labute approximate surface area is 111 Å². The zero-order valence-electron chi connectivity index (χ0n) is 11.8. The summed E-state index contributed by atoms with van der Waals surface area (Å²) in [6, 6.07) is 9.49. The smallest absolute Gasteiger partial charge is 0.0449 e. The summed E-state index contributed by atoms with van der Waals surface area (Å²) in [5, 5.41) is 3.69. The molecule has 0 bridgehead atoms. The maximum atomic E-state index is 3.69. The highest BCUT2D eigenvalue weighted by molar-refractivity contribution is 5.24. The number of hydrogen-bond donors (Lipinski definition) is 1. The molecule has 1 aromatic rings. The molecule has 18 heavy (non-hydrogen) atoms. The Balaban J connectivity index is 2.00. The minimum absolute atomic E-state index is 0.489. The van der Waals surface area contributed by atoms with E-state index in [2.05, 4.69) is 48.3 Å². The Morgan fingerprint density at radius 2 is 1.83 bits per heavy atom. The number of aryl methyl sites for hydroxylation is 1. The Morgan fingerprint density at radius 3 is 2.44 bits per heavy atom. The first-order chi connectivity index (χ1) is 8.79. The van der Waals surface area contributed by atoms with Gasteiger partial charge in [-0.25, -0.2) is 0 Å². The Hall–Kier alpha value is -0.860. The lowest BCUT2D eigenvalue weighted by molar-refractivity contribution is 0.292. The second kappa shape index (κ2) is 6.91. The predicted molar refractivity (Wildman–Crippen MR) is 77.9 cm³/mol. The molecular weight excluding hydrogens is 220 g/mol. The molecule has 1 fully saturated rings. The number of hydrogen-bond acceptors (Lipinski definition) is 2. The predicted octanol–water partition coefficient (Wildman–Crippen LogP) is 3.13. The minimum Gasteiger partial charge on any atom is -0.309 e.